The monoisotopic (exact) mass is 1120 g/mol. The zero-order valence-electron chi connectivity index (χ0n) is 41.9. The van der Waals surface area contributed by atoms with Gasteiger partial charge in [-0.25, -0.2) is 4.79 Å². The minimum atomic E-state index is -1.99. The van der Waals surface area contributed by atoms with E-state index in [0.29, 0.717) is 24.3 Å². The molecule has 1 unspecified atom stereocenters. The molecule has 5 amide bonds. The van der Waals surface area contributed by atoms with Gasteiger partial charge in [-0.15, -0.1) is 5.06 Å². The summed E-state index contributed by atoms with van der Waals surface area (Å²) in [5.41, 5.74) is 0. The first-order valence-electron chi connectivity index (χ1n) is 25.0. The van der Waals surface area contributed by atoms with Crippen LogP contribution in [0.1, 0.15) is 45.4 Å². The Morgan fingerprint density at radius 1 is 0.532 bits per heavy atom. The molecule has 5 aliphatic heterocycles. The van der Waals surface area contributed by atoms with E-state index in [1.807, 2.05) is 0 Å². The first-order chi connectivity index (χ1) is 36.6. The lowest BCUT2D eigenvalue weighted by Gasteiger charge is -2.46. The fraction of sp³-hybridized carbons (Fsp3) is 0.864. The van der Waals surface area contributed by atoms with Crippen LogP contribution in [0.25, 0.3) is 0 Å². The summed E-state index contributed by atoms with van der Waals surface area (Å²) in [7, 11) is 0. The van der Waals surface area contributed by atoms with E-state index < -0.39 is 204 Å². The summed E-state index contributed by atoms with van der Waals surface area (Å²) >= 11 is 0. The number of imide groups is 1. The number of nitrogens with one attached hydrogen (secondary N) is 3. The van der Waals surface area contributed by atoms with Gasteiger partial charge in [0.15, 0.2) is 25.2 Å². The molecule has 0 radical (unpaired) electrons. The van der Waals surface area contributed by atoms with Crippen LogP contribution in [0.15, 0.2) is 0 Å². The number of hydrogen-bond acceptors (Lipinski definition) is 29. The highest BCUT2D eigenvalue weighted by Crippen LogP contribution is 2.31. The largest absolute Gasteiger partial charge is 0.394 e. The molecule has 0 saturated carbocycles. The molecule has 77 heavy (non-hydrogen) atoms. The Hall–Kier alpha value is -3.86. The zero-order chi connectivity index (χ0) is 56.7. The summed E-state index contributed by atoms with van der Waals surface area (Å²) < 4.78 is 44.2. The molecule has 0 aromatic heterocycles. The maximum atomic E-state index is 13.3. The van der Waals surface area contributed by atoms with Crippen LogP contribution in [0.3, 0.4) is 0 Å². The number of unbranched alkanes of at least 4 members (excludes halogenated alkanes) is 2. The second kappa shape index (κ2) is 30.7. The molecule has 442 valence electrons. The van der Waals surface area contributed by atoms with Gasteiger partial charge in [-0.05, 0) is 19.8 Å². The van der Waals surface area contributed by atoms with Gasteiger partial charge in [-0.1, -0.05) is 6.42 Å². The van der Waals surface area contributed by atoms with Crippen molar-refractivity contribution in [2.75, 3.05) is 72.3 Å². The SMILES string of the molecule is C[C@@H]1O[C@@H](OCCNC(=O)CN(CC(=O)NCCCCCC(=O)ON2C(=O)CCC2=O)CC(=O)NCCOC2O[C@H](CO[C@H]3O[C@H](CO)[C@@H](O)[C@H](O)[C@@H]3O)[C@@H](O)[C@H](O[C@H]3O[C@H](CO)[C@@H](O)[C@H](O)[C@@H]3O)[C@H]2O)[C@@H](O)[C@H](O)[C@@H]1O. The fourth-order valence-corrected chi connectivity index (χ4v) is 8.50. The topological polar surface area (TPSA) is 491 Å². The van der Waals surface area contributed by atoms with Crippen molar-refractivity contribution in [1.29, 1.82) is 0 Å². The average Bonchev–Trinajstić information content (AvgIpc) is 3.72. The van der Waals surface area contributed by atoms with Gasteiger partial charge in [0.05, 0.1) is 58.8 Å². The number of aliphatic hydroxyl groups is 13. The first kappa shape index (κ1) is 64.0. The third-order valence-electron chi connectivity index (χ3n) is 13.0. The van der Waals surface area contributed by atoms with Crippen LogP contribution in [0, 0.1) is 0 Å². The standard InChI is InChI=1S/C44H73N5O28/c1-19-29(58)33(62)36(65)41(72-19)69-11-9-46-24(53)14-48(13-23(52)45-8-4-2-3-5-28(57)77-49-26(55)6-7-27(49)56)15-25(54)47-10-12-70-43-39(68)40(76-44-38(67)35(64)31(60)21(17-51)74-44)32(61)22(75-43)18-71-42-37(66)34(63)30(59)20(16-50)73-42/h19-22,29-44,50-51,58-68H,2-18H2,1H3,(H,45,52)(H,46,53)(H,47,54)/t19-,20+,21+,22+,29+,30+,31+,32+,33+,34-,35-,36-,37-,38-,39+,40-,41+,42-,43?,44+/m0/s1. The lowest BCUT2D eigenvalue weighted by Crippen LogP contribution is -2.65. The Morgan fingerprint density at radius 3 is 1.52 bits per heavy atom. The number of amides is 5. The quantitative estimate of drug-likeness (QED) is 0.0255. The zero-order valence-corrected chi connectivity index (χ0v) is 41.9. The molecule has 5 heterocycles. The van der Waals surface area contributed by atoms with Crippen molar-refractivity contribution in [3.05, 3.63) is 0 Å². The summed E-state index contributed by atoms with van der Waals surface area (Å²) in [5.74, 6) is -4.07. The predicted octanol–water partition coefficient (Wildman–Crippen LogP) is -10.9. The van der Waals surface area contributed by atoms with Crippen molar-refractivity contribution in [2.24, 2.45) is 0 Å². The Balaban J connectivity index is 1.15. The lowest BCUT2D eigenvalue weighted by molar-refractivity contribution is -0.366. The van der Waals surface area contributed by atoms with Crippen LogP contribution in [0.2, 0.25) is 0 Å². The van der Waals surface area contributed by atoms with E-state index in [-0.39, 0.29) is 45.5 Å². The molecular formula is C44H73N5O28. The Labute approximate surface area is 439 Å². The summed E-state index contributed by atoms with van der Waals surface area (Å²) in [6.07, 6.45) is -32.6. The highest BCUT2D eigenvalue weighted by molar-refractivity contribution is 6.01. The van der Waals surface area contributed by atoms with Crippen LogP contribution >= 0.6 is 0 Å². The van der Waals surface area contributed by atoms with Gasteiger partial charge < -0.3 is 125 Å². The van der Waals surface area contributed by atoms with Crippen molar-refractivity contribution in [3.63, 3.8) is 0 Å². The van der Waals surface area contributed by atoms with Gasteiger partial charge in [-0.2, -0.15) is 0 Å². The molecular weight excluding hydrogens is 1050 g/mol. The lowest BCUT2D eigenvalue weighted by atomic mass is 9.96. The Morgan fingerprint density at radius 2 is 0.987 bits per heavy atom. The van der Waals surface area contributed by atoms with Gasteiger partial charge in [0.25, 0.3) is 11.8 Å². The van der Waals surface area contributed by atoms with Crippen LogP contribution in [0.5, 0.6) is 0 Å². The minimum Gasteiger partial charge on any atom is -0.394 e. The average molecular weight is 1120 g/mol. The molecule has 0 aliphatic carbocycles. The number of carbonyl (C=O) groups excluding carboxylic acids is 6. The van der Waals surface area contributed by atoms with E-state index >= 15 is 0 Å². The maximum absolute atomic E-state index is 13.3. The molecule has 5 saturated heterocycles. The predicted molar refractivity (Wildman–Crippen MR) is 244 cm³/mol. The van der Waals surface area contributed by atoms with Crippen LogP contribution in [0.4, 0.5) is 0 Å². The van der Waals surface area contributed by atoms with Crippen molar-refractivity contribution in [2.45, 2.75) is 168 Å². The minimum absolute atomic E-state index is 0.0547. The molecule has 16 N–H and O–H groups in total. The number of nitrogens with zero attached hydrogens (tertiary/aromatic N) is 2. The molecule has 0 aromatic rings. The normalized spacial score (nSPS) is 36.7. The van der Waals surface area contributed by atoms with Crippen molar-refractivity contribution in [3.8, 4) is 0 Å². The highest BCUT2D eigenvalue weighted by Gasteiger charge is 2.52. The van der Waals surface area contributed by atoms with Crippen LogP contribution in [-0.4, -0.2) is 307 Å². The van der Waals surface area contributed by atoms with E-state index in [1.165, 1.54) is 11.8 Å². The van der Waals surface area contributed by atoms with Crippen molar-refractivity contribution >= 4 is 35.5 Å². The molecule has 5 fully saturated rings. The number of carbonyl (C=O) groups is 6. The summed E-state index contributed by atoms with van der Waals surface area (Å²) in [4.78, 5) is 80.9. The van der Waals surface area contributed by atoms with E-state index in [1.54, 1.807) is 0 Å². The fourth-order valence-electron chi connectivity index (χ4n) is 8.50. The van der Waals surface area contributed by atoms with Gasteiger partial charge >= 0.3 is 5.97 Å². The highest BCUT2D eigenvalue weighted by atomic mass is 16.8. The van der Waals surface area contributed by atoms with Crippen LogP contribution in [-0.2, 0) is 71.5 Å². The van der Waals surface area contributed by atoms with E-state index in [9.17, 15) is 95.2 Å². The van der Waals surface area contributed by atoms with Gasteiger partial charge in [0.2, 0.25) is 17.7 Å². The number of hydroxylamine groups is 2. The second-order valence-corrected chi connectivity index (χ2v) is 18.8. The number of hydrogen-bond donors (Lipinski definition) is 16. The van der Waals surface area contributed by atoms with E-state index in [4.69, 9.17) is 42.7 Å². The first-order valence-corrected chi connectivity index (χ1v) is 25.0. The molecule has 33 nitrogen and oxygen atoms in total. The molecule has 0 bridgehead atoms. The molecule has 0 aromatic carbocycles. The third-order valence-corrected chi connectivity index (χ3v) is 13.0. The molecule has 5 aliphatic rings. The third kappa shape index (κ3) is 17.8. The number of ether oxygens (including phenoxy) is 8. The Kier molecular flexibility index (Phi) is 25.5. The van der Waals surface area contributed by atoms with Gasteiger partial charge in [-0.3, -0.25) is 28.9 Å². The van der Waals surface area contributed by atoms with Crippen molar-refractivity contribution in [1.82, 2.24) is 25.9 Å². The second-order valence-electron chi connectivity index (χ2n) is 18.8. The summed E-state index contributed by atoms with van der Waals surface area (Å²) in [6.45, 7) is -3.61. The van der Waals surface area contributed by atoms with E-state index in [0.717, 1.165) is 0 Å². The maximum Gasteiger partial charge on any atom is 0.333 e. The van der Waals surface area contributed by atoms with Crippen molar-refractivity contribution < 1.29 is 138 Å². The van der Waals surface area contributed by atoms with Gasteiger partial charge in [0, 0.05) is 38.9 Å². The molecule has 5 rings (SSSR count). The smallest absolute Gasteiger partial charge is 0.333 e. The molecule has 20 atom stereocenters. The summed E-state index contributed by atoms with van der Waals surface area (Å²) in [5, 5.41) is 142. The van der Waals surface area contributed by atoms with E-state index in [2.05, 4.69) is 16.0 Å². The van der Waals surface area contributed by atoms with Crippen LogP contribution < -0.4 is 16.0 Å². The molecule has 33 heteroatoms. The van der Waals surface area contributed by atoms with Gasteiger partial charge in [0.1, 0.15) is 91.6 Å². The molecule has 0 spiro atoms. The number of aliphatic hydroxyl groups excluding tert-OH is 13. The summed E-state index contributed by atoms with van der Waals surface area (Å²) in [6, 6.07) is 0. The Bertz CT molecular complexity index is 1890. The number of rotatable bonds is 28.